The molecule has 3 aliphatic heterocycles. The van der Waals surface area contributed by atoms with Gasteiger partial charge in [-0.1, -0.05) is 29.8 Å². The second kappa shape index (κ2) is 11.4. The van der Waals surface area contributed by atoms with Gasteiger partial charge >= 0.3 is 0 Å². The molecule has 4 heterocycles. The molecule has 3 unspecified atom stereocenters. The number of carbonyl (C=O) groups is 3. The Morgan fingerprint density at radius 2 is 1.78 bits per heavy atom. The zero-order valence-corrected chi connectivity index (χ0v) is 23.3. The van der Waals surface area contributed by atoms with Crippen molar-refractivity contribution in [3.05, 3.63) is 92.9 Å². The third-order valence-electron chi connectivity index (χ3n) is 8.29. The van der Waals surface area contributed by atoms with E-state index in [1.165, 1.54) is 0 Å². The van der Waals surface area contributed by atoms with Crippen LogP contribution in [0.4, 0.5) is 11.4 Å². The van der Waals surface area contributed by atoms with Crippen LogP contribution in [0.25, 0.3) is 0 Å². The van der Waals surface area contributed by atoms with Crippen LogP contribution in [-0.4, -0.2) is 48.0 Å². The molecule has 2 bridgehead atoms. The fourth-order valence-electron chi connectivity index (χ4n) is 6.30. The van der Waals surface area contributed by atoms with Crippen molar-refractivity contribution in [3.8, 4) is 0 Å². The van der Waals surface area contributed by atoms with Gasteiger partial charge in [0.15, 0.2) is 0 Å². The molecule has 10 heteroatoms. The van der Waals surface area contributed by atoms with Crippen LogP contribution in [-0.2, 0) is 11.3 Å². The van der Waals surface area contributed by atoms with Crippen LogP contribution >= 0.6 is 11.6 Å². The van der Waals surface area contributed by atoms with Crippen molar-refractivity contribution in [2.45, 2.75) is 44.2 Å². The van der Waals surface area contributed by atoms with Gasteiger partial charge < -0.3 is 25.4 Å². The number of pyridine rings is 1. The molecule has 2 saturated heterocycles. The maximum Gasteiger partial charge on any atom is 0.257 e. The predicted molar refractivity (Wildman–Crippen MR) is 158 cm³/mol. The van der Waals surface area contributed by atoms with Gasteiger partial charge in [0.1, 0.15) is 6.04 Å². The van der Waals surface area contributed by atoms with Crippen molar-refractivity contribution in [2.75, 3.05) is 29.9 Å². The number of hydrogen-bond acceptors (Lipinski definition) is 5. The molecule has 3 aliphatic rings. The van der Waals surface area contributed by atoms with Crippen molar-refractivity contribution < 1.29 is 14.4 Å². The van der Waals surface area contributed by atoms with Crippen LogP contribution < -0.4 is 26.4 Å². The molecule has 3 amide bonds. The van der Waals surface area contributed by atoms with Gasteiger partial charge in [0.2, 0.25) is 5.91 Å². The van der Waals surface area contributed by atoms with Gasteiger partial charge in [0, 0.05) is 49.4 Å². The molecular formula is C31H32ClN5O4. The molecule has 3 aromatic rings. The Kier molecular flexibility index (Phi) is 7.53. The first-order valence-electron chi connectivity index (χ1n) is 14.1. The van der Waals surface area contributed by atoms with Crippen molar-refractivity contribution in [1.29, 1.82) is 0 Å². The second-order valence-corrected chi connectivity index (χ2v) is 11.5. The molecule has 9 nitrogen and oxygen atoms in total. The summed E-state index contributed by atoms with van der Waals surface area (Å²) < 4.78 is 1.88. The number of amides is 3. The maximum atomic E-state index is 13.3. The highest BCUT2D eigenvalue weighted by atomic mass is 35.5. The number of benzene rings is 2. The van der Waals surface area contributed by atoms with Crippen molar-refractivity contribution in [2.24, 2.45) is 5.92 Å². The van der Waals surface area contributed by atoms with Gasteiger partial charge in [0.25, 0.3) is 17.4 Å². The van der Waals surface area contributed by atoms with Crippen LogP contribution in [0.5, 0.6) is 0 Å². The van der Waals surface area contributed by atoms with E-state index in [-0.39, 0.29) is 35.1 Å². The Bertz CT molecular complexity index is 1570. The van der Waals surface area contributed by atoms with E-state index >= 15 is 0 Å². The SMILES string of the molecule is O=C(NC1CCCCNC1=O)c1ccc(N2CC3CC(C2)c2cccc(=O)n2C3)c(NC(=O)c2ccccc2Cl)c1. The van der Waals surface area contributed by atoms with Crippen LogP contribution in [0.2, 0.25) is 5.02 Å². The van der Waals surface area contributed by atoms with Crippen LogP contribution in [0.3, 0.4) is 0 Å². The lowest BCUT2D eigenvalue weighted by Gasteiger charge is -2.44. The van der Waals surface area contributed by atoms with Gasteiger partial charge in [-0.3, -0.25) is 19.2 Å². The lowest BCUT2D eigenvalue weighted by molar-refractivity contribution is -0.122. The Balaban J connectivity index is 1.31. The lowest BCUT2D eigenvalue weighted by Crippen LogP contribution is -2.47. The molecule has 0 radical (unpaired) electrons. The molecular weight excluding hydrogens is 542 g/mol. The fourth-order valence-corrected chi connectivity index (χ4v) is 6.52. The van der Waals surface area contributed by atoms with E-state index in [0.29, 0.717) is 54.4 Å². The van der Waals surface area contributed by atoms with Gasteiger partial charge in [-0.2, -0.15) is 0 Å². The topological polar surface area (TPSA) is 113 Å². The number of nitrogens with one attached hydrogen (secondary N) is 3. The number of anilines is 2. The monoisotopic (exact) mass is 573 g/mol. The first kappa shape index (κ1) is 27.1. The van der Waals surface area contributed by atoms with Gasteiger partial charge in [-0.05, 0) is 68.0 Å². The third-order valence-corrected chi connectivity index (χ3v) is 8.62. The zero-order valence-electron chi connectivity index (χ0n) is 22.6. The summed E-state index contributed by atoms with van der Waals surface area (Å²) in [7, 11) is 0. The molecule has 3 atom stereocenters. The van der Waals surface area contributed by atoms with E-state index in [1.807, 2.05) is 22.8 Å². The number of hydrogen-bond donors (Lipinski definition) is 3. The van der Waals surface area contributed by atoms with Crippen molar-refractivity contribution in [3.63, 3.8) is 0 Å². The summed E-state index contributed by atoms with van der Waals surface area (Å²) in [6.45, 7) is 2.63. The highest BCUT2D eigenvalue weighted by Crippen LogP contribution is 2.39. The summed E-state index contributed by atoms with van der Waals surface area (Å²) in [4.78, 5) is 53.8. The number of carbonyl (C=O) groups excluding carboxylic acids is 3. The normalized spacial score (nSPS) is 21.7. The summed E-state index contributed by atoms with van der Waals surface area (Å²) in [5.41, 5.74) is 2.99. The Hall–Kier alpha value is -4.11. The third kappa shape index (κ3) is 5.59. The summed E-state index contributed by atoms with van der Waals surface area (Å²) in [5.74, 6) is -0.508. The molecule has 41 heavy (non-hydrogen) atoms. The number of rotatable bonds is 5. The lowest BCUT2D eigenvalue weighted by atomic mass is 9.83. The molecule has 0 saturated carbocycles. The number of piperidine rings is 1. The molecule has 212 valence electrons. The van der Waals surface area contributed by atoms with Crippen molar-refractivity contribution in [1.82, 2.24) is 15.2 Å². The predicted octanol–water partition coefficient (Wildman–Crippen LogP) is 3.78. The summed E-state index contributed by atoms with van der Waals surface area (Å²) in [5, 5.41) is 9.03. The first-order valence-corrected chi connectivity index (χ1v) is 14.5. The van der Waals surface area contributed by atoms with Gasteiger partial charge in [-0.15, -0.1) is 0 Å². The highest BCUT2D eigenvalue weighted by Gasteiger charge is 2.35. The maximum absolute atomic E-state index is 13.3. The number of aromatic nitrogens is 1. The van der Waals surface area contributed by atoms with Gasteiger partial charge in [-0.25, -0.2) is 0 Å². The first-order chi connectivity index (χ1) is 19.9. The molecule has 1 aromatic heterocycles. The van der Waals surface area contributed by atoms with E-state index in [0.717, 1.165) is 30.6 Å². The van der Waals surface area contributed by atoms with Gasteiger partial charge in [0.05, 0.1) is 22.0 Å². The minimum absolute atomic E-state index is 0.0241. The summed E-state index contributed by atoms with van der Waals surface area (Å²) in [6, 6.07) is 16.9. The standard InChI is InChI=1S/C31H32ClN5O4/c32-23-7-2-1-6-22(23)30(40)35-25-15-20(29(39)34-24-8-3-4-13-33-31(24)41)11-12-27(25)36-16-19-14-21(18-36)26-9-5-10-28(38)37(26)17-19/h1-2,5-7,9-12,15,19,21,24H,3-4,8,13-14,16-18H2,(H,33,41)(H,34,39)(H,35,40). The molecule has 0 aliphatic carbocycles. The van der Waals surface area contributed by atoms with E-state index in [9.17, 15) is 19.2 Å². The quantitative estimate of drug-likeness (QED) is 0.430. The van der Waals surface area contributed by atoms with E-state index < -0.39 is 6.04 Å². The Labute approximate surface area is 242 Å². The van der Waals surface area contributed by atoms with E-state index in [1.54, 1.807) is 42.5 Å². The summed E-state index contributed by atoms with van der Waals surface area (Å²) in [6.07, 6.45) is 3.29. The minimum Gasteiger partial charge on any atom is -0.369 e. The van der Waals surface area contributed by atoms with Crippen molar-refractivity contribution >= 4 is 40.7 Å². The zero-order chi connectivity index (χ0) is 28.5. The molecule has 3 N–H and O–H groups in total. The largest absolute Gasteiger partial charge is 0.369 e. The van der Waals surface area contributed by atoms with Crippen LogP contribution in [0.15, 0.2) is 65.5 Å². The summed E-state index contributed by atoms with van der Waals surface area (Å²) >= 11 is 6.32. The molecule has 0 spiro atoms. The minimum atomic E-state index is -0.601. The molecule has 6 rings (SSSR count). The number of nitrogens with zero attached hydrogens (tertiary/aromatic N) is 2. The van der Waals surface area contributed by atoms with Crippen LogP contribution in [0.1, 0.15) is 58.0 Å². The Morgan fingerprint density at radius 1 is 0.927 bits per heavy atom. The fraction of sp³-hybridized carbons (Fsp3) is 0.355. The highest BCUT2D eigenvalue weighted by molar-refractivity contribution is 6.34. The molecule has 2 fully saturated rings. The van der Waals surface area contributed by atoms with E-state index in [4.69, 9.17) is 11.6 Å². The number of halogens is 1. The smallest absolute Gasteiger partial charge is 0.257 e. The average Bonchev–Trinajstić information content (AvgIpc) is 3.17. The number of fused-ring (bicyclic) bond motifs is 4. The van der Waals surface area contributed by atoms with Crippen LogP contribution in [0, 0.1) is 5.92 Å². The molecule has 2 aromatic carbocycles. The Morgan fingerprint density at radius 3 is 2.63 bits per heavy atom. The second-order valence-electron chi connectivity index (χ2n) is 11.1. The van der Waals surface area contributed by atoms with E-state index in [2.05, 4.69) is 20.9 Å². The average molecular weight is 574 g/mol.